The number of benzene rings is 2. The van der Waals surface area contributed by atoms with Crippen LogP contribution in [0.15, 0.2) is 42.5 Å². The van der Waals surface area contributed by atoms with Gasteiger partial charge in [0.15, 0.2) is 11.5 Å². The molecule has 0 fully saturated rings. The lowest BCUT2D eigenvalue weighted by molar-refractivity contribution is 0.174. The molecule has 0 bridgehead atoms. The molecule has 1 heterocycles. The zero-order valence-corrected chi connectivity index (χ0v) is 11.3. The van der Waals surface area contributed by atoms with E-state index < -0.39 is 0 Å². The molecule has 1 aliphatic rings. The maximum atomic E-state index is 9.65. The summed E-state index contributed by atoms with van der Waals surface area (Å²) in [7, 11) is 0. The first kappa shape index (κ1) is 12.8. The summed E-state index contributed by atoms with van der Waals surface area (Å²) in [6.45, 7) is 2.30. The fraction of sp³-hybridized carbons (Fsp3) is 0.250. The van der Waals surface area contributed by atoms with Gasteiger partial charge in [-0.05, 0) is 36.2 Å². The number of hydrogen-bond acceptors (Lipinski definition) is 4. The van der Waals surface area contributed by atoms with Crippen molar-refractivity contribution in [3.8, 4) is 11.5 Å². The van der Waals surface area contributed by atoms with Gasteiger partial charge in [0.1, 0.15) is 0 Å². The van der Waals surface area contributed by atoms with Crippen LogP contribution in [-0.2, 0) is 0 Å². The number of rotatable bonds is 4. The first-order valence-electron chi connectivity index (χ1n) is 6.60. The van der Waals surface area contributed by atoms with Gasteiger partial charge in [0.05, 0.1) is 12.6 Å². The summed E-state index contributed by atoms with van der Waals surface area (Å²) < 4.78 is 10.7. The van der Waals surface area contributed by atoms with Crippen LogP contribution >= 0.6 is 0 Å². The molecule has 0 saturated carbocycles. The fourth-order valence-corrected chi connectivity index (χ4v) is 2.29. The molecular weight excluding hydrogens is 254 g/mol. The van der Waals surface area contributed by atoms with Crippen LogP contribution < -0.4 is 14.8 Å². The number of anilines is 1. The molecule has 4 nitrogen and oxygen atoms in total. The minimum Gasteiger partial charge on any atom is -0.454 e. The van der Waals surface area contributed by atoms with Gasteiger partial charge in [-0.3, -0.25) is 0 Å². The Hall–Kier alpha value is -2.20. The van der Waals surface area contributed by atoms with E-state index >= 15 is 0 Å². The van der Waals surface area contributed by atoms with Crippen molar-refractivity contribution in [3.63, 3.8) is 0 Å². The van der Waals surface area contributed by atoms with E-state index in [-0.39, 0.29) is 19.4 Å². The van der Waals surface area contributed by atoms with Crippen LogP contribution in [0.1, 0.15) is 17.2 Å². The number of ether oxygens (including phenoxy) is 2. The lowest BCUT2D eigenvalue weighted by Crippen LogP contribution is -2.15. The molecule has 0 aliphatic carbocycles. The molecule has 1 unspecified atom stereocenters. The van der Waals surface area contributed by atoms with Crippen LogP contribution in [0.5, 0.6) is 11.5 Å². The molecule has 2 aromatic carbocycles. The van der Waals surface area contributed by atoms with Crippen molar-refractivity contribution in [2.45, 2.75) is 13.0 Å². The third-order valence-electron chi connectivity index (χ3n) is 3.46. The second-order valence-corrected chi connectivity index (χ2v) is 4.81. The lowest BCUT2D eigenvalue weighted by atomic mass is 10.1. The van der Waals surface area contributed by atoms with Crippen LogP contribution in [0, 0.1) is 6.92 Å². The van der Waals surface area contributed by atoms with E-state index in [1.165, 1.54) is 0 Å². The molecule has 0 saturated heterocycles. The quantitative estimate of drug-likeness (QED) is 0.897. The SMILES string of the molecule is Cc1ccccc1NC(CO)c1ccc2c(c1)OCO2. The van der Waals surface area contributed by atoms with Gasteiger partial charge < -0.3 is 19.9 Å². The molecule has 0 radical (unpaired) electrons. The van der Waals surface area contributed by atoms with E-state index in [1.807, 2.05) is 49.4 Å². The highest BCUT2D eigenvalue weighted by Gasteiger charge is 2.17. The summed E-state index contributed by atoms with van der Waals surface area (Å²) in [4.78, 5) is 0. The molecule has 2 aromatic rings. The zero-order valence-electron chi connectivity index (χ0n) is 11.3. The Morgan fingerprint density at radius 2 is 1.95 bits per heavy atom. The number of aryl methyl sites for hydroxylation is 1. The zero-order chi connectivity index (χ0) is 13.9. The Labute approximate surface area is 118 Å². The number of aliphatic hydroxyl groups excluding tert-OH is 1. The minimum absolute atomic E-state index is 0.00791. The molecule has 1 aliphatic heterocycles. The molecular formula is C16H17NO3. The average molecular weight is 271 g/mol. The first-order valence-corrected chi connectivity index (χ1v) is 6.60. The van der Waals surface area contributed by atoms with Crippen LogP contribution in [0.25, 0.3) is 0 Å². The van der Waals surface area contributed by atoms with Gasteiger partial charge in [-0.1, -0.05) is 24.3 Å². The Morgan fingerprint density at radius 3 is 2.75 bits per heavy atom. The van der Waals surface area contributed by atoms with E-state index in [2.05, 4.69) is 5.32 Å². The third kappa shape index (κ3) is 2.42. The largest absolute Gasteiger partial charge is 0.454 e. The summed E-state index contributed by atoms with van der Waals surface area (Å²) in [6, 6.07) is 13.6. The molecule has 0 spiro atoms. The predicted molar refractivity (Wildman–Crippen MR) is 77.2 cm³/mol. The summed E-state index contributed by atoms with van der Waals surface area (Å²) in [5.74, 6) is 1.48. The van der Waals surface area contributed by atoms with Gasteiger partial charge in [0.25, 0.3) is 0 Å². The van der Waals surface area contributed by atoms with Gasteiger partial charge >= 0.3 is 0 Å². The Balaban J connectivity index is 1.85. The number of nitrogens with one attached hydrogen (secondary N) is 1. The maximum Gasteiger partial charge on any atom is 0.231 e. The Kier molecular flexibility index (Phi) is 3.48. The molecule has 2 N–H and O–H groups in total. The predicted octanol–water partition coefficient (Wildman–Crippen LogP) is 2.87. The lowest BCUT2D eigenvalue weighted by Gasteiger charge is -2.19. The standard InChI is InChI=1S/C16H17NO3/c1-11-4-2-3-5-13(11)17-14(9-18)12-6-7-15-16(8-12)20-10-19-15/h2-8,14,17-18H,9-10H2,1H3. The summed E-state index contributed by atoms with van der Waals surface area (Å²) in [6.07, 6.45) is 0. The van der Waals surface area contributed by atoms with Gasteiger partial charge in [-0.15, -0.1) is 0 Å². The maximum absolute atomic E-state index is 9.65. The smallest absolute Gasteiger partial charge is 0.231 e. The monoisotopic (exact) mass is 271 g/mol. The average Bonchev–Trinajstić information content (AvgIpc) is 2.94. The molecule has 4 heteroatoms. The normalized spacial score (nSPS) is 14.1. The van der Waals surface area contributed by atoms with Crippen LogP contribution in [0.2, 0.25) is 0 Å². The van der Waals surface area contributed by atoms with E-state index in [0.29, 0.717) is 0 Å². The van der Waals surface area contributed by atoms with E-state index in [0.717, 1.165) is 28.3 Å². The van der Waals surface area contributed by atoms with E-state index in [4.69, 9.17) is 9.47 Å². The van der Waals surface area contributed by atoms with Gasteiger partial charge in [-0.25, -0.2) is 0 Å². The highest BCUT2D eigenvalue weighted by Crippen LogP contribution is 2.35. The van der Waals surface area contributed by atoms with Crippen molar-refractivity contribution in [2.24, 2.45) is 0 Å². The topological polar surface area (TPSA) is 50.7 Å². The second kappa shape index (κ2) is 5.43. The van der Waals surface area contributed by atoms with Crippen molar-refractivity contribution in [2.75, 3.05) is 18.7 Å². The van der Waals surface area contributed by atoms with Crippen molar-refractivity contribution in [3.05, 3.63) is 53.6 Å². The van der Waals surface area contributed by atoms with Gasteiger partial charge in [0.2, 0.25) is 6.79 Å². The van der Waals surface area contributed by atoms with Gasteiger partial charge in [-0.2, -0.15) is 0 Å². The number of fused-ring (bicyclic) bond motifs is 1. The number of para-hydroxylation sites is 1. The highest BCUT2D eigenvalue weighted by atomic mass is 16.7. The molecule has 0 aromatic heterocycles. The molecule has 0 amide bonds. The van der Waals surface area contributed by atoms with E-state index in [1.54, 1.807) is 0 Å². The number of aliphatic hydroxyl groups is 1. The highest BCUT2D eigenvalue weighted by molar-refractivity contribution is 5.53. The Morgan fingerprint density at radius 1 is 1.15 bits per heavy atom. The second-order valence-electron chi connectivity index (χ2n) is 4.81. The van der Waals surface area contributed by atoms with Crippen LogP contribution in [0.4, 0.5) is 5.69 Å². The summed E-state index contributed by atoms with van der Waals surface area (Å²) in [5.41, 5.74) is 3.14. The molecule has 1 atom stereocenters. The minimum atomic E-state index is -0.175. The van der Waals surface area contributed by atoms with Crippen LogP contribution in [-0.4, -0.2) is 18.5 Å². The van der Waals surface area contributed by atoms with Crippen molar-refractivity contribution >= 4 is 5.69 Å². The molecule has 3 rings (SSSR count). The summed E-state index contributed by atoms with van der Waals surface area (Å²) in [5, 5.41) is 13.0. The Bertz CT molecular complexity index is 612. The fourth-order valence-electron chi connectivity index (χ4n) is 2.29. The van der Waals surface area contributed by atoms with Gasteiger partial charge in [0, 0.05) is 5.69 Å². The van der Waals surface area contributed by atoms with Crippen molar-refractivity contribution < 1.29 is 14.6 Å². The molecule has 20 heavy (non-hydrogen) atoms. The summed E-state index contributed by atoms with van der Waals surface area (Å²) >= 11 is 0. The van der Waals surface area contributed by atoms with Crippen molar-refractivity contribution in [1.82, 2.24) is 0 Å². The molecule has 104 valence electrons. The third-order valence-corrected chi connectivity index (χ3v) is 3.46. The number of hydrogen-bond donors (Lipinski definition) is 2. The van der Waals surface area contributed by atoms with E-state index in [9.17, 15) is 5.11 Å². The van der Waals surface area contributed by atoms with Crippen LogP contribution in [0.3, 0.4) is 0 Å². The van der Waals surface area contributed by atoms with Crippen molar-refractivity contribution in [1.29, 1.82) is 0 Å². The first-order chi connectivity index (χ1) is 9.78.